The molecule has 0 atom stereocenters. The minimum Gasteiger partial charge on any atom is -0.496 e. The second kappa shape index (κ2) is 5.42. The number of nitrogens with one attached hydrogen (secondary N) is 1. The van der Waals surface area contributed by atoms with Crippen molar-refractivity contribution in [1.29, 1.82) is 0 Å². The topological polar surface area (TPSA) is 39.1 Å². The summed E-state index contributed by atoms with van der Waals surface area (Å²) in [6.45, 7) is 0.770. The Hall–Kier alpha value is -1.52. The Morgan fingerprint density at radius 2 is 2.17 bits per heavy atom. The lowest BCUT2D eigenvalue weighted by Gasteiger charge is -2.06. The van der Waals surface area contributed by atoms with Crippen LogP contribution in [0.25, 0.3) is 11.3 Å². The van der Waals surface area contributed by atoms with Gasteiger partial charge in [-0.25, -0.2) is 0 Å². The summed E-state index contributed by atoms with van der Waals surface area (Å²) in [7, 11) is 5.48. The summed E-state index contributed by atoms with van der Waals surface area (Å²) >= 11 is 6.03. The maximum Gasteiger partial charge on any atom is 0.128 e. The third-order valence-corrected chi connectivity index (χ3v) is 3.01. The Kier molecular flexibility index (Phi) is 3.89. The van der Waals surface area contributed by atoms with Crippen molar-refractivity contribution in [3.8, 4) is 17.0 Å². The molecule has 96 valence electrons. The number of ether oxygens (including phenoxy) is 1. The molecule has 0 spiro atoms. The molecule has 1 heterocycles. The number of hydrogen-bond donors (Lipinski definition) is 1. The van der Waals surface area contributed by atoms with E-state index < -0.39 is 0 Å². The predicted molar refractivity (Wildman–Crippen MR) is 73.0 cm³/mol. The van der Waals surface area contributed by atoms with Crippen LogP contribution in [0.2, 0.25) is 5.02 Å². The molecule has 2 rings (SSSR count). The molecule has 18 heavy (non-hydrogen) atoms. The van der Waals surface area contributed by atoms with Gasteiger partial charge in [-0.2, -0.15) is 5.10 Å². The van der Waals surface area contributed by atoms with Crippen LogP contribution in [0.1, 0.15) is 5.69 Å². The highest BCUT2D eigenvalue weighted by Gasteiger charge is 2.12. The van der Waals surface area contributed by atoms with Crippen LogP contribution >= 0.6 is 11.6 Å². The zero-order valence-electron chi connectivity index (χ0n) is 10.7. The summed E-state index contributed by atoms with van der Waals surface area (Å²) in [6, 6.07) is 7.56. The maximum atomic E-state index is 6.03. The smallest absolute Gasteiger partial charge is 0.128 e. The van der Waals surface area contributed by atoms with Crippen molar-refractivity contribution in [3.05, 3.63) is 35.0 Å². The fourth-order valence-electron chi connectivity index (χ4n) is 1.86. The largest absolute Gasteiger partial charge is 0.496 e. The van der Waals surface area contributed by atoms with Crippen molar-refractivity contribution in [2.45, 2.75) is 6.54 Å². The molecule has 1 N–H and O–H groups in total. The molecule has 0 aliphatic carbocycles. The van der Waals surface area contributed by atoms with Gasteiger partial charge in [0.1, 0.15) is 5.75 Å². The molecule has 0 bridgehead atoms. The monoisotopic (exact) mass is 265 g/mol. The van der Waals surface area contributed by atoms with Crippen LogP contribution in [0.15, 0.2) is 24.3 Å². The van der Waals surface area contributed by atoms with E-state index in [1.54, 1.807) is 13.2 Å². The van der Waals surface area contributed by atoms with Crippen molar-refractivity contribution >= 4 is 11.6 Å². The second-order valence-corrected chi connectivity index (χ2v) is 4.46. The summed E-state index contributed by atoms with van der Waals surface area (Å²) in [6.07, 6.45) is 0. The summed E-state index contributed by atoms with van der Waals surface area (Å²) in [5, 5.41) is 8.27. The van der Waals surface area contributed by atoms with Gasteiger partial charge in [-0.1, -0.05) is 11.6 Å². The zero-order chi connectivity index (χ0) is 13.1. The highest BCUT2D eigenvalue weighted by molar-refractivity contribution is 6.30. The number of aryl methyl sites for hydroxylation is 1. The molecule has 1 aromatic carbocycles. The van der Waals surface area contributed by atoms with E-state index in [-0.39, 0.29) is 0 Å². The predicted octanol–water partition coefficient (Wildman–Crippen LogP) is 2.47. The van der Waals surface area contributed by atoms with E-state index >= 15 is 0 Å². The quantitative estimate of drug-likeness (QED) is 0.923. The van der Waals surface area contributed by atoms with E-state index in [9.17, 15) is 0 Å². The van der Waals surface area contributed by atoms with E-state index in [4.69, 9.17) is 16.3 Å². The van der Waals surface area contributed by atoms with Gasteiger partial charge in [0.05, 0.1) is 18.5 Å². The summed E-state index contributed by atoms with van der Waals surface area (Å²) < 4.78 is 7.19. The third-order valence-electron chi connectivity index (χ3n) is 2.77. The van der Waals surface area contributed by atoms with Crippen molar-refractivity contribution in [2.75, 3.05) is 14.2 Å². The SMILES string of the molecule is CNCc1cc(-c2cc(Cl)ccc2OC)nn1C. The van der Waals surface area contributed by atoms with Crippen molar-refractivity contribution < 1.29 is 4.74 Å². The fraction of sp³-hybridized carbons (Fsp3) is 0.308. The zero-order valence-corrected chi connectivity index (χ0v) is 11.5. The molecule has 0 saturated heterocycles. The molecule has 4 nitrogen and oxygen atoms in total. The van der Waals surface area contributed by atoms with Gasteiger partial charge >= 0.3 is 0 Å². The van der Waals surface area contributed by atoms with Crippen LogP contribution < -0.4 is 10.1 Å². The Bertz CT molecular complexity index is 551. The van der Waals surface area contributed by atoms with E-state index in [0.29, 0.717) is 5.02 Å². The Balaban J connectivity index is 2.47. The second-order valence-electron chi connectivity index (χ2n) is 4.02. The molecule has 0 unspecified atom stereocenters. The van der Waals surface area contributed by atoms with Crippen LogP contribution in [-0.4, -0.2) is 23.9 Å². The summed E-state index contributed by atoms with van der Waals surface area (Å²) in [5.41, 5.74) is 2.87. The van der Waals surface area contributed by atoms with Crippen molar-refractivity contribution in [2.24, 2.45) is 7.05 Å². The average Bonchev–Trinajstić information content (AvgIpc) is 2.71. The molecular weight excluding hydrogens is 250 g/mol. The average molecular weight is 266 g/mol. The number of benzene rings is 1. The van der Waals surface area contributed by atoms with E-state index in [2.05, 4.69) is 10.4 Å². The van der Waals surface area contributed by atoms with Gasteiger partial charge in [-0.3, -0.25) is 4.68 Å². The lowest BCUT2D eigenvalue weighted by molar-refractivity contribution is 0.416. The third kappa shape index (κ3) is 2.49. The number of rotatable bonds is 4. The normalized spacial score (nSPS) is 10.7. The first-order valence-corrected chi connectivity index (χ1v) is 6.05. The highest BCUT2D eigenvalue weighted by Crippen LogP contribution is 2.31. The van der Waals surface area contributed by atoms with Gasteiger partial charge in [0.2, 0.25) is 0 Å². The molecule has 2 aromatic rings. The fourth-order valence-corrected chi connectivity index (χ4v) is 2.04. The Morgan fingerprint density at radius 3 is 2.83 bits per heavy atom. The molecule has 5 heteroatoms. The molecule has 0 radical (unpaired) electrons. The Morgan fingerprint density at radius 1 is 1.39 bits per heavy atom. The van der Waals surface area contributed by atoms with Gasteiger partial charge in [0.15, 0.2) is 0 Å². The summed E-state index contributed by atoms with van der Waals surface area (Å²) in [4.78, 5) is 0. The molecule has 0 saturated carbocycles. The van der Waals surface area contributed by atoms with Gasteiger partial charge in [0.25, 0.3) is 0 Å². The van der Waals surface area contributed by atoms with Crippen molar-refractivity contribution in [3.63, 3.8) is 0 Å². The first-order valence-electron chi connectivity index (χ1n) is 5.67. The van der Waals surface area contributed by atoms with Gasteiger partial charge < -0.3 is 10.1 Å². The summed E-state index contributed by atoms with van der Waals surface area (Å²) in [5.74, 6) is 0.772. The number of halogens is 1. The van der Waals surface area contributed by atoms with E-state index in [1.807, 2.05) is 37.0 Å². The van der Waals surface area contributed by atoms with E-state index in [0.717, 1.165) is 29.2 Å². The number of aromatic nitrogens is 2. The maximum absolute atomic E-state index is 6.03. The van der Waals surface area contributed by atoms with Gasteiger partial charge in [0, 0.05) is 24.2 Å². The van der Waals surface area contributed by atoms with Gasteiger partial charge in [-0.15, -0.1) is 0 Å². The molecular formula is C13H16ClN3O. The number of hydrogen-bond acceptors (Lipinski definition) is 3. The van der Waals surface area contributed by atoms with Crippen molar-refractivity contribution in [1.82, 2.24) is 15.1 Å². The first-order chi connectivity index (χ1) is 8.65. The minimum atomic E-state index is 0.673. The lowest BCUT2D eigenvalue weighted by atomic mass is 10.1. The molecule has 0 amide bonds. The Labute approximate surface area is 112 Å². The van der Waals surface area contributed by atoms with Crippen LogP contribution in [0.3, 0.4) is 0 Å². The van der Waals surface area contributed by atoms with Crippen LogP contribution in [0, 0.1) is 0 Å². The standard InChI is InChI=1S/C13H16ClN3O/c1-15-8-10-7-12(16-17(10)2)11-6-9(14)4-5-13(11)18-3/h4-7,15H,8H2,1-3H3. The molecule has 0 fully saturated rings. The number of nitrogens with zero attached hydrogens (tertiary/aromatic N) is 2. The molecule has 1 aromatic heterocycles. The van der Waals surface area contributed by atoms with Gasteiger partial charge in [-0.05, 0) is 31.3 Å². The van der Waals surface area contributed by atoms with Crippen LogP contribution in [0.4, 0.5) is 0 Å². The minimum absolute atomic E-state index is 0.673. The number of methoxy groups -OCH3 is 1. The van der Waals surface area contributed by atoms with E-state index in [1.165, 1.54) is 0 Å². The highest BCUT2D eigenvalue weighted by atomic mass is 35.5. The molecule has 0 aliphatic heterocycles. The van der Waals surface area contributed by atoms with Crippen LogP contribution in [0.5, 0.6) is 5.75 Å². The lowest BCUT2D eigenvalue weighted by Crippen LogP contribution is -2.09. The molecule has 0 aliphatic rings. The van der Waals surface area contributed by atoms with Crippen LogP contribution in [-0.2, 0) is 13.6 Å². The first kappa shape index (κ1) is 12.9.